The first-order valence-corrected chi connectivity index (χ1v) is 42.2. The van der Waals surface area contributed by atoms with Crippen molar-refractivity contribution in [3.63, 3.8) is 0 Å². The molecule has 0 radical (unpaired) electrons. The molecule has 117 heavy (non-hydrogen) atoms. The Labute approximate surface area is 701 Å². The number of halogens is 1. The number of para-hydroxylation sites is 1. The van der Waals surface area contributed by atoms with Gasteiger partial charge < -0.3 is 81.1 Å². The molecule has 652 valence electrons. The first kappa shape index (κ1) is 98.5. The Bertz CT molecular complexity index is 3940. The third-order valence-electron chi connectivity index (χ3n) is 21.9. The molecule has 2 saturated heterocycles. The van der Waals surface area contributed by atoms with E-state index in [4.69, 9.17) is 16.6 Å². The highest BCUT2D eigenvalue weighted by Crippen LogP contribution is 2.31. The Hall–Kier alpha value is -9.11. The fourth-order valence-electron chi connectivity index (χ4n) is 14.7. The van der Waals surface area contributed by atoms with Gasteiger partial charge in [0.25, 0.3) is 5.91 Å². The van der Waals surface area contributed by atoms with Gasteiger partial charge in [-0.1, -0.05) is 132 Å². The minimum absolute atomic E-state index is 0.0476. The SMILES string of the molecule is CC[C@@H]1NC(=O)[C@H]([C@H](O)[C@H](C)CCCC(=O)N2CCN(c3cc(Nc4ncc(C(=O)Nc5c(C)cccc5Cl)s4)nc(C)n3)CC2)N(C)C(=O)[C@H](C(C)C)N(C)C(=O)[C@H](CC(C)C)N(C)C(=O)[C@H](CC(C)C)N(C)C(=O)[C@@H](C)NC(=O)[C@H](C)NC(=O)[C@H](CC(C)C)N(C)C(=O)[C@H](C(C)C)NC(=O)[C@H](CCC(C)C)N(C)C(=O)CN(C)C1=O. The average Bonchev–Trinajstić information content (AvgIpc) is 1.58. The summed E-state index contributed by atoms with van der Waals surface area (Å²) >= 11 is 7.51. The minimum atomic E-state index is -1.76. The smallest absolute Gasteiger partial charge is 0.267 e. The zero-order chi connectivity index (χ0) is 88.2. The van der Waals surface area contributed by atoms with Gasteiger partial charge in [-0.15, -0.1) is 0 Å². The molecular formula is C83H133ClN18O14S. The zero-order valence-electron chi connectivity index (χ0n) is 73.6. The number of aromatic nitrogens is 3. The van der Waals surface area contributed by atoms with E-state index in [0.717, 1.165) is 26.7 Å². The molecule has 2 fully saturated rings. The number of aliphatic hydroxyl groups is 1. The molecule has 32 nitrogen and oxygen atoms in total. The molecule has 13 amide bonds. The van der Waals surface area contributed by atoms with E-state index in [9.17, 15) is 48.3 Å². The van der Waals surface area contributed by atoms with Gasteiger partial charge in [-0.3, -0.25) is 62.3 Å². The molecule has 34 heteroatoms. The maximum atomic E-state index is 15.6. The monoisotopic (exact) mass is 1670 g/mol. The fraction of sp³-hybridized carbons (Fsp3) is 0.687. The molecule has 0 unspecified atom stereocenters. The van der Waals surface area contributed by atoms with Crippen molar-refractivity contribution in [2.24, 2.45) is 41.4 Å². The summed E-state index contributed by atoms with van der Waals surface area (Å²) in [5.74, 6) is -9.40. The van der Waals surface area contributed by atoms with Crippen molar-refractivity contribution in [1.82, 2.24) is 75.4 Å². The molecule has 3 aromatic rings. The van der Waals surface area contributed by atoms with E-state index in [0.29, 0.717) is 70.8 Å². The molecular weight excluding hydrogens is 1540 g/mol. The number of carbonyl (C=O) groups excluding carboxylic acids is 13. The highest BCUT2D eigenvalue weighted by molar-refractivity contribution is 7.17. The summed E-state index contributed by atoms with van der Waals surface area (Å²) in [6.45, 7) is 32.6. The number of aryl methyl sites for hydroxylation is 2. The number of piperazine rings is 1. The summed E-state index contributed by atoms with van der Waals surface area (Å²) in [5.41, 5.74) is 1.31. The Morgan fingerprint density at radius 3 is 1.69 bits per heavy atom. The van der Waals surface area contributed by atoms with Crippen LogP contribution in [0.25, 0.3) is 0 Å². The van der Waals surface area contributed by atoms with Crippen molar-refractivity contribution in [3.8, 4) is 0 Å². The van der Waals surface area contributed by atoms with Gasteiger partial charge in [-0.2, -0.15) is 0 Å². The third kappa shape index (κ3) is 27.0. The molecule has 0 bridgehead atoms. The molecule has 7 N–H and O–H groups in total. The van der Waals surface area contributed by atoms with Gasteiger partial charge >= 0.3 is 0 Å². The summed E-state index contributed by atoms with van der Waals surface area (Å²) in [5, 5.41) is 30.7. The maximum Gasteiger partial charge on any atom is 0.267 e. The number of carbonyl (C=O) groups is 13. The fourth-order valence-corrected chi connectivity index (χ4v) is 15.7. The second-order valence-electron chi connectivity index (χ2n) is 34.1. The minimum Gasteiger partial charge on any atom is -0.390 e. The van der Waals surface area contributed by atoms with Crippen LogP contribution in [0, 0.1) is 55.3 Å². The number of amides is 13. The van der Waals surface area contributed by atoms with E-state index in [2.05, 4.69) is 41.9 Å². The van der Waals surface area contributed by atoms with E-state index in [1.54, 1.807) is 71.6 Å². The predicted molar refractivity (Wildman–Crippen MR) is 453 cm³/mol. The number of likely N-dealkylation sites (N-methyl/N-ethyl adjacent to an activating group) is 7. The number of benzene rings is 1. The largest absolute Gasteiger partial charge is 0.390 e. The summed E-state index contributed by atoms with van der Waals surface area (Å²) in [6, 6.07) is -5.88. The number of anilines is 4. The molecule has 0 saturated carbocycles. The number of nitrogens with one attached hydrogen (secondary N) is 6. The molecule has 2 aromatic heterocycles. The van der Waals surface area contributed by atoms with Crippen LogP contribution < -0.4 is 36.8 Å². The van der Waals surface area contributed by atoms with Crippen molar-refractivity contribution in [2.45, 2.75) is 249 Å². The van der Waals surface area contributed by atoms with Gasteiger partial charge in [0.2, 0.25) is 70.9 Å². The summed E-state index contributed by atoms with van der Waals surface area (Å²) in [7, 11) is 9.82. The van der Waals surface area contributed by atoms with Gasteiger partial charge in [-0.05, 0) is 132 Å². The first-order valence-electron chi connectivity index (χ1n) is 41.1. The molecule has 2 aliphatic heterocycles. The Kier molecular flexibility index (Phi) is 37.6. The predicted octanol–water partition coefficient (Wildman–Crippen LogP) is 6.72. The van der Waals surface area contributed by atoms with E-state index in [1.807, 2.05) is 73.3 Å². The maximum absolute atomic E-state index is 15.6. The van der Waals surface area contributed by atoms with Crippen LogP contribution in [0.1, 0.15) is 190 Å². The van der Waals surface area contributed by atoms with E-state index in [1.165, 1.54) is 93.9 Å². The van der Waals surface area contributed by atoms with E-state index in [-0.39, 0.29) is 86.9 Å². The average molecular weight is 1670 g/mol. The van der Waals surface area contributed by atoms with Gasteiger partial charge in [0.05, 0.1) is 29.6 Å². The number of aliphatic hydroxyl groups excluding tert-OH is 1. The highest BCUT2D eigenvalue weighted by Gasteiger charge is 2.46. The van der Waals surface area contributed by atoms with Crippen LogP contribution in [0.2, 0.25) is 5.02 Å². The van der Waals surface area contributed by atoms with Crippen LogP contribution in [0.4, 0.5) is 22.5 Å². The van der Waals surface area contributed by atoms with Gasteiger partial charge in [-0.25, -0.2) is 15.0 Å². The van der Waals surface area contributed by atoms with Crippen LogP contribution in [0.15, 0.2) is 30.5 Å². The van der Waals surface area contributed by atoms with Crippen molar-refractivity contribution >= 4 is 122 Å². The van der Waals surface area contributed by atoms with Crippen LogP contribution in [0.5, 0.6) is 0 Å². The Balaban J connectivity index is 1.49. The molecule has 0 aliphatic carbocycles. The van der Waals surface area contributed by atoms with Crippen molar-refractivity contribution in [1.29, 1.82) is 0 Å². The van der Waals surface area contributed by atoms with Gasteiger partial charge in [0.15, 0.2) is 5.13 Å². The molecule has 4 heterocycles. The van der Waals surface area contributed by atoms with Crippen molar-refractivity contribution in [2.75, 3.05) is 97.6 Å². The summed E-state index contributed by atoms with van der Waals surface area (Å²) < 4.78 is 0. The summed E-state index contributed by atoms with van der Waals surface area (Å²) in [6.07, 6.45) is 1.16. The molecule has 1 aromatic carbocycles. The second kappa shape index (κ2) is 44.6. The molecule has 2 aliphatic rings. The quantitative estimate of drug-likeness (QED) is 0.0517. The lowest BCUT2D eigenvalue weighted by Gasteiger charge is -2.41. The van der Waals surface area contributed by atoms with Crippen LogP contribution in [-0.4, -0.2) is 285 Å². The number of hydrogen-bond acceptors (Lipinski definition) is 20. The second-order valence-corrected chi connectivity index (χ2v) is 35.5. The number of thiazole rings is 1. The molecule has 12 atom stereocenters. The normalized spacial score (nSPS) is 23.4. The lowest BCUT2D eigenvalue weighted by molar-refractivity contribution is -0.157. The van der Waals surface area contributed by atoms with Crippen LogP contribution >= 0.6 is 22.9 Å². The van der Waals surface area contributed by atoms with Crippen molar-refractivity contribution in [3.05, 3.63) is 51.7 Å². The van der Waals surface area contributed by atoms with Crippen LogP contribution in [-0.2, 0) is 57.5 Å². The zero-order valence-corrected chi connectivity index (χ0v) is 75.2. The summed E-state index contributed by atoms with van der Waals surface area (Å²) in [4.78, 5) is 217. The van der Waals surface area contributed by atoms with Gasteiger partial charge in [0.1, 0.15) is 82.8 Å². The molecule has 0 spiro atoms. The number of rotatable bonds is 23. The topological polar surface area (TPSA) is 382 Å². The third-order valence-corrected chi connectivity index (χ3v) is 23.1. The van der Waals surface area contributed by atoms with E-state index >= 15 is 19.2 Å². The first-order chi connectivity index (χ1) is 54.6. The lowest BCUT2D eigenvalue weighted by Crippen LogP contribution is -2.63. The van der Waals surface area contributed by atoms with Gasteiger partial charge in [0, 0.05) is 88.0 Å². The number of hydrogen-bond donors (Lipinski definition) is 7. The Morgan fingerprint density at radius 2 is 1.14 bits per heavy atom. The number of nitrogens with zero attached hydrogens (tertiary/aromatic N) is 12. The standard InChI is InChI=1S/C83H133ClN18O14S/c1-26-57-78(112)94(19)44-66(104)95(20)58(34-33-45(2)3)73(107)92-67(49(10)11)81(115)96(21)59(39-46(4)5)74(108)86-53(16)72(106)87-54(17)77(111)97(22)60(40-47(6)7)79(113)98(23)61(41-48(8)9)80(114)99(24)69(50(12)13)82(116)100(25)70(76(110)90-57)71(105)52(15)30-28-32-65(103)102-37-35-101(36-38-102)64-42-63(88-55(18)89-64)91-83-85-43-62(117-83)75(109)93-68-51(14)29-27-31-56(68)84/h27,29,31,42-43,45-50,52-54,57-61,67,69-71,105H,26,28,30,32-41,44H2,1-25H3,(H,86,108)(H,87,106)(H,90,110)(H,92,107)(H,93,109)(H,85,88,89,91)/t52-,53+,54-,57+,58+,59+,60+,61+,67+,69+,70+,71-/m1/s1. The van der Waals surface area contributed by atoms with Crippen molar-refractivity contribution < 1.29 is 67.4 Å². The molecule has 5 rings (SSSR count). The Morgan fingerprint density at radius 1 is 0.590 bits per heavy atom. The van der Waals surface area contributed by atoms with Crippen LogP contribution in [0.3, 0.4) is 0 Å². The highest BCUT2D eigenvalue weighted by atomic mass is 35.5. The lowest BCUT2D eigenvalue weighted by atomic mass is 9.90. The van der Waals surface area contributed by atoms with E-state index < -0.39 is 156 Å².